The molecule has 0 amide bonds. The summed E-state index contributed by atoms with van der Waals surface area (Å²) in [5, 5.41) is 9.86. The fourth-order valence-corrected chi connectivity index (χ4v) is 1.91. The van der Waals surface area contributed by atoms with Gasteiger partial charge in [-0.05, 0) is 34.8 Å². The Kier molecular flexibility index (Phi) is 2.47. The van der Waals surface area contributed by atoms with Crippen molar-refractivity contribution in [2.45, 2.75) is 18.4 Å². The van der Waals surface area contributed by atoms with Gasteiger partial charge in [-0.2, -0.15) is 4.39 Å². The van der Waals surface area contributed by atoms with Gasteiger partial charge in [0.2, 0.25) is 5.82 Å². The lowest BCUT2D eigenvalue weighted by Gasteiger charge is -2.15. The van der Waals surface area contributed by atoms with E-state index in [2.05, 4.69) is 15.9 Å². The van der Waals surface area contributed by atoms with Gasteiger partial charge in [0, 0.05) is 5.56 Å². The molecule has 1 aliphatic carbocycles. The molecular formula is C10H9BrF2O2. The number of hydrogen-bond acceptors (Lipinski definition) is 2. The fourth-order valence-electron chi connectivity index (χ4n) is 1.51. The van der Waals surface area contributed by atoms with Crippen LogP contribution in [0.5, 0.6) is 5.75 Å². The molecule has 2 nitrogen and oxygen atoms in total. The van der Waals surface area contributed by atoms with Gasteiger partial charge in [0.05, 0.1) is 17.2 Å². The molecule has 1 aromatic carbocycles. The Labute approximate surface area is 94.0 Å². The molecule has 0 radical (unpaired) electrons. The summed E-state index contributed by atoms with van der Waals surface area (Å²) in [6.45, 7) is 0. The van der Waals surface area contributed by atoms with Crippen molar-refractivity contribution in [2.75, 3.05) is 7.11 Å². The number of hydrogen-bond donors (Lipinski definition) is 1. The number of rotatable bonds is 2. The molecule has 0 bridgehead atoms. The highest BCUT2D eigenvalue weighted by Crippen LogP contribution is 2.50. The van der Waals surface area contributed by atoms with Crippen LogP contribution in [0.25, 0.3) is 0 Å². The Bertz CT molecular complexity index is 416. The minimum atomic E-state index is -1.07. The zero-order chi connectivity index (χ0) is 11.2. The summed E-state index contributed by atoms with van der Waals surface area (Å²) in [6.07, 6.45) is 1.09. The number of aliphatic hydroxyl groups is 1. The van der Waals surface area contributed by atoms with Crippen LogP contribution in [0.2, 0.25) is 0 Å². The molecule has 1 aromatic rings. The van der Waals surface area contributed by atoms with Crippen LogP contribution >= 0.6 is 15.9 Å². The molecule has 0 saturated heterocycles. The second-order valence-corrected chi connectivity index (χ2v) is 4.45. The van der Waals surface area contributed by atoms with Gasteiger partial charge in [-0.3, -0.25) is 0 Å². The Morgan fingerprint density at radius 3 is 2.47 bits per heavy atom. The Hall–Kier alpha value is -0.680. The van der Waals surface area contributed by atoms with Crippen LogP contribution in [-0.4, -0.2) is 12.2 Å². The monoisotopic (exact) mass is 278 g/mol. The smallest absolute Gasteiger partial charge is 0.202 e. The standard InChI is InChI=1S/C10H9BrF2O2/c1-15-9-5(10(14)2-3-10)4-6(11)7(12)8(9)13/h4,14H,2-3H2,1H3. The molecule has 1 N–H and O–H groups in total. The van der Waals surface area contributed by atoms with Crippen molar-refractivity contribution in [3.8, 4) is 5.75 Å². The highest BCUT2D eigenvalue weighted by molar-refractivity contribution is 9.10. The van der Waals surface area contributed by atoms with Gasteiger partial charge < -0.3 is 9.84 Å². The maximum absolute atomic E-state index is 13.4. The van der Waals surface area contributed by atoms with E-state index in [4.69, 9.17) is 4.74 Å². The number of benzene rings is 1. The van der Waals surface area contributed by atoms with E-state index in [0.717, 1.165) is 0 Å². The molecule has 0 spiro atoms. The lowest BCUT2D eigenvalue weighted by Crippen LogP contribution is -2.09. The summed E-state index contributed by atoms with van der Waals surface area (Å²) in [5.74, 6) is -2.28. The van der Waals surface area contributed by atoms with Crippen LogP contribution in [0, 0.1) is 11.6 Å². The lowest BCUT2D eigenvalue weighted by molar-refractivity contribution is 0.146. The van der Waals surface area contributed by atoms with Crippen LogP contribution in [0.15, 0.2) is 10.5 Å². The molecule has 0 aromatic heterocycles. The normalized spacial score (nSPS) is 17.7. The zero-order valence-corrected chi connectivity index (χ0v) is 9.57. The average molecular weight is 279 g/mol. The van der Waals surface area contributed by atoms with Gasteiger partial charge in [-0.15, -0.1) is 0 Å². The van der Waals surface area contributed by atoms with Crippen LogP contribution in [0.3, 0.4) is 0 Å². The van der Waals surface area contributed by atoms with E-state index >= 15 is 0 Å². The van der Waals surface area contributed by atoms with Crippen molar-refractivity contribution in [3.63, 3.8) is 0 Å². The number of ether oxygens (including phenoxy) is 1. The topological polar surface area (TPSA) is 29.5 Å². The van der Waals surface area contributed by atoms with E-state index in [-0.39, 0.29) is 10.2 Å². The molecule has 15 heavy (non-hydrogen) atoms. The van der Waals surface area contributed by atoms with E-state index in [0.29, 0.717) is 18.4 Å². The van der Waals surface area contributed by atoms with Crippen molar-refractivity contribution in [2.24, 2.45) is 0 Å². The molecule has 82 valence electrons. The van der Waals surface area contributed by atoms with Crippen LogP contribution in [0.4, 0.5) is 8.78 Å². The predicted octanol–water partition coefficient (Wildman–Crippen LogP) is 2.72. The molecule has 0 aliphatic heterocycles. The zero-order valence-electron chi connectivity index (χ0n) is 7.98. The number of methoxy groups -OCH3 is 1. The Morgan fingerprint density at radius 2 is 2.00 bits per heavy atom. The van der Waals surface area contributed by atoms with E-state index in [1.165, 1.54) is 13.2 Å². The first-order valence-electron chi connectivity index (χ1n) is 4.44. The van der Waals surface area contributed by atoms with E-state index in [1.54, 1.807) is 0 Å². The van der Waals surface area contributed by atoms with Gasteiger partial charge in [0.1, 0.15) is 0 Å². The first-order chi connectivity index (χ1) is 6.99. The largest absolute Gasteiger partial charge is 0.493 e. The van der Waals surface area contributed by atoms with Gasteiger partial charge in [-0.25, -0.2) is 4.39 Å². The molecule has 0 heterocycles. The third-order valence-electron chi connectivity index (χ3n) is 2.55. The van der Waals surface area contributed by atoms with Gasteiger partial charge in [0.15, 0.2) is 11.6 Å². The van der Waals surface area contributed by atoms with Gasteiger partial charge in [-0.1, -0.05) is 0 Å². The third kappa shape index (κ3) is 1.63. The molecule has 5 heteroatoms. The average Bonchev–Trinajstić information content (AvgIpc) is 2.94. The summed E-state index contributed by atoms with van der Waals surface area (Å²) >= 11 is 2.90. The summed E-state index contributed by atoms with van der Waals surface area (Å²) in [7, 11) is 1.25. The quantitative estimate of drug-likeness (QED) is 0.843. The predicted molar refractivity (Wildman–Crippen MR) is 53.7 cm³/mol. The maximum atomic E-state index is 13.4. The summed E-state index contributed by atoms with van der Waals surface area (Å²) in [5.41, 5.74) is -0.752. The summed E-state index contributed by atoms with van der Waals surface area (Å²) in [6, 6.07) is 1.37. The van der Waals surface area contributed by atoms with Crippen molar-refractivity contribution in [1.82, 2.24) is 0 Å². The molecule has 1 fully saturated rings. The second-order valence-electron chi connectivity index (χ2n) is 3.60. The molecule has 1 aliphatic rings. The van der Waals surface area contributed by atoms with Crippen molar-refractivity contribution in [3.05, 3.63) is 27.7 Å². The van der Waals surface area contributed by atoms with E-state index in [9.17, 15) is 13.9 Å². The number of halogens is 3. The molecule has 0 atom stereocenters. The molecule has 1 saturated carbocycles. The second kappa shape index (κ2) is 3.42. The highest BCUT2D eigenvalue weighted by Gasteiger charge is 2.45. The van der Waals surface area contributed by atoms with Crippen molar-refractivity contribution in [1.29, 1.82) is 0 Å². The first-order valence-corrected chi connectivity index (χ1v) is 5.23. The SMILES string of the molecule is COc1c(C2(O)CC2)cc(Br)c(F)c1F. The third-order valence-corrected chi connectivity index (χ3v) is 3.12. The highest BCUT2D eigenvalue weighted by atomic mass is 79.9. The minimum absolute atomic E-state index is 0.00359. The van der Waals surface area contributed by atoms with Crippen molar-refractivity contribution >= 4 is 15.9 Å². The minimum Gasteiger partial charge on any atom is -0.493 e. The fraction of sp³-hybridized carbons (Fsp3) is 0.400. The summed E-state index contributed by atoms with van der Waals surface area (Å²) in [4.78, 5) is 0. The Morgan fingerprint density at radius 1 is 1.40 bits per heavy atom. The van der Waals surface area contributed by atoms with E-state index < -0.39 is 17.2 Å². The van der Waals surface area contributed by atoms with Crippen LogP contribution in [0.1, 0.15) is 18.4 Å². The van der Waals surface area contributed by atoms with Gasteiger partial charge >= 0.3 is 0 Å². The molecule has 0 unspecified atom stereocenters. The Balaban J connectivity index is 2.63. The van der Waals surface area contributed by atoms with E-state index in [1.807, 2.05) is 0 Å². The maximum Gasteiger partial charge on any atom is 0.202 e. The molecule has 2 rings (SSSR count). The summed E-state index contributed by atoms with van der Waals surface area (Å²) < 4.78 is 31.4. The van der Waals surface area contributed by atoms with Crippen LogP contribution < -0.4 is 4.74 Å². The van der Waals surface area contributed by atoms with Gasteiger partial charge in [0.25, 0.3) is 0 Å². The lowest BCUT2D eigenvalue weighted by atomic mass is 10.1. The first kappa shape index (κ1) is 10.8. The van der Waals surface area contributed by atoms with Crippen LogP contribution in [-0.2, 0) is 5.60 Å². The van der Waals surface area contributed by atoms with Crippen molar-refractivity contribution < 1.29 is 18.6 Å². The molecular weight excluding hydrogens is 270 g/mol.